The van der Waals surface area contributed by atoms with E-state index >= 15 is 4.39 Å². The van der Waals surface area contributed by atoms with E-state index in [1.54, 1.807) is 30.5 Å². The van der Waals surface area contributed by atoms with E-state index in [2.05, 4.69) is 15.3 Å². The lowest BCUT2D eigenvalue weighted by Crippen LogP contribution is -2.52. The van der Waals surface area contributed by atoms with Crippen LogP contribution in [0.2, 0.25) is 0 Å². The molecule has 0 aromatic heterocycles. The Morgan fingerprint density at radius 2 is 2.03 bits per heavy atom. The molecule has 1 N–H and O–H groups in total. The van der Waals surface area contributed by atoms with Crippen molar-refractivity contribution in [2.75, 3.05) is 12.4 Å². The molecule has 9 heteroatoms. The molecule has 1 fully saturated rings. The molecular weight excluding hydrogens is 446 g/mol. The zero-order chi connectivity index (χ0) is 23.0. The van der Waals surface area contributed by atoms with Crippen LogP contribution in [0.1, 0.15) is 29.3 Å². The first-order valence-corrected chi connectivity index (χ1v) is 11.7. The number of nitrogens with one attached hydrogen (secondary N) is 1. The zero-order valence-electron chi connectivity index (χ0n) is 17.9. The summed E-state index contributed by atoms with van der Waals surface area (Å²) >= 11 is 1.41. The molecule has 1 unspecified atom stereocenters. The quantitative estimate of drug-likeness (QED) is 0.741. The Morgan fingerprint density at radius 1 is 1.21 bits per heavy atom. The highest BCUT2D eigenvalue weighted by Gasteiger charge is 2.50. The molecule has 4 atom stereocenters. The molecule has 0 aliphatic carbocycles. The van der Waals surface area contributed by atoms with Crippen molar-refractivity contribution < 1.29 is 18.3 Å². The summed E-state index contributed by atoms with van der Waals surface area (Å²) in [5.74, 6) is -1.15. The minimum atomic E-state index is -1.08. The lowest BCUT2D eigenvalue weighted by Gasteiger charge is -2.46. The van der Waals surface area contributed by atoms with Crippen LogP contribution in [0.4, 0.5) is 8.78 Å². The fourth-order valence-electron chi connectivity index (χ4n) is 4.45. The van der Waals surface area contributed by atoms with E-state index in [0.717, 1.165) is 11.8 Å². The minimum absolute atomic E-state index is 0.0807. The second-order valence-electron chi connectivity index (χ2n) is 8.29. The van der Waals surface area contributed by atoms with Crippen LogP contribution in [0.3, 0.4) is 0 Å². The number of fused-ring (bicyclic) bond motifs is 1. The van der Waals surface area contributed by atoms with Crippen LogP contribution in [0.15, 0.2) is 63.5 Å². The Hall–Kier alpha value is -2.91. The summed E-state index contributed by atoms with van der Waals surface area (Å²) in [7, 11) is 0. The third kappa shape index (κ3) is 4.22. The van der Waals surface area contributed by atoms with E-state index < -0.39 is 17.2 Å². The molecule has 1 amide bonds. The SMILES string of the molecule is CC1N=CC([C@H]2C[C@H]3CSC(NC(=O)c4ccccc4)=N[C@@]3(c3ccc(F)cc3F)CO2)=N1. The van der Waals surface area contributed by atoms with Crippen LogP contribution in [-0.2, 0) is 10.3 Å². The number of rotatable bonds is 3. The average Bonchev–Trinajstić information content (AvgIpc) is 3.25. The van der Waals surface area contributed by atoms with Gasteiger partial charge in [-0.15, -0.1) is 0 Å². The van der Waals surface area contributed by atoms with Gasteiger partial charge in [-0.3, -0.25) is 14.8 Å². The van der Waals surface area contributed by atoms with Crippen LogP contribution < -0.4 is 5.32 Å². The maximum absolute atomic E-state index is 15.0. The fraction of sp³-hybridized carbons (Fsp3) is 0.333. The number of hydrogen-bond donors (Lipinski definition) is 1. The molecule has 0 spiro atoms. The van der Waals surface area contributed by atoms with Crippen molar-refractivity contribution >= 4 is 34.8 Å². The molecule has 33 heavy (non-hydrogen) atoms. The van der Waals surface area contributed by atoms with Gasteiger partial charge >= 0.3 is 0 Å². The van der Waals surface area contributed by atoms with E-state index in [1.165, 1.54) is 23.9 Å². The molecule has 0 saturated carbocycles. The molecule has 2 aromatic rings. The van der Waals surface area contributed by atoms with Crippen molar-refractivity contribution in [2.24, 2.45) is 20.9 Å². The average molecular weight is 469 g/mol. The molecule has 0 radical (unpaired) electrons. The number of amidine groups is 1. The number of ether oxygens (including phenoxy) is 1. The van der Waals surface area contributed by atoms with Crippen molar-refractivity contribution in [3.63, 3.8) is 0 Å². The van der Waals surface area contributed by atoms with Gasteiger partial charge in [0.2, 0.25) is 0 Å². The Kier molecular flexibility index (Phi) is 5.84. The molecule has 3 aliphatic rings. The second kappa shape index (κ2) is 8.79. The molecule has 0 bridgehead atoms. The van der Waals surface area contributed by atoms with Gasteiger partial charge in [0.25, 0.3) is 5.91 Å². The van der Waals surface area contributed by atoms with E-state index in [-0.39, 0.29) is 36.3 Å². The Labute approximate surface area is 194 Å². The van der Waals surface area contributed by atoms with Gasteiger partial charge in [0.15, 0.2) is 5.17 Å². The number of thioether (sulfide) groups is 1. The van der Waals surface area contributed by atoms with E-state index in [9.17, 15) is 9.18 Å². The first-order chi connectivity index (χ1) is 15.9. The first kappa shape index (κ1) is 21.9. The lowest BCUT2D eigenvalue weighted by atomic mass is 9.74. The van der Waals surface area contributed by atoms with E-state index in [4.69, 9.17) is 9.73 Å². The summed E-state index contributed by atoms with van der Waals surface area (Å²) in [6.07, 6.45) is 1.89. The number of carbonyl (C=O) groups is 1. The molecule has 6 nitrogen and oxygen atoms in total. The Balaban J connectivity index is 1.49. The van der Waals surface area contributed by atoms with Crippen molar-refractivity contribution in [1.82, 2.24) is 5.32 Å². The van der Waals surface area contributed by atoms with Crippen LogP contribution in [0.5, 0.6) is 0 Å². The lowest BCUT2D eigenvalue weighted by molar-refractivity contribution is -0.0245. The predicted molar refractivity (Wildman–Crippen MR) is 125 cm³/mol. The summed E-state index contributed by atoms with van der Waals surface area (Å²) in [5.41, 5.74) is 0.445. The summed E-state index contributed by atoms with van der Waals surface area (Å²) in [4.78, 5) is 26.3. The summed E-state index contributed by atoms with van der Waals surface area (Å²) < 4.78 is 34.8. The molecule has 170 valence electrons. The monoisotopic (exact) mass is 468 g/mol. The van der Waals surface area contributed by atoms with Gasteiger partial charge in [-0.2, -0.15) is 0 Å². The molecule has 1 saturated heterocycles. The van der Waals surface area contributed by atoms with Gasteiger partial charge < -0.3 is 10.1 Å². The fourth-order valence-corrected chi connectivity index (χ4v) is 5.61. The number of halogens is 2. The number of carbonyl (C=O) groups excluding carboxylic acids is 1. The largest absolute Gasteiger partial charge is 0.369 e. The maximum Gasteiger partial charge on any atom is 0.257 e. The standard InChI is InChI=1S/C24H22F2N4O2S/c1-14-27-11-20(28-14)21-9-16-12-33-23(29-22(31)15-5-3-2-4-6-15)30-24(16,13-32-21)18-8-7-17(25)10-19(18)26/h2-8,10-11,14,16,21H,9,12-13H2,1H3,(H,29,30,31)/t14?,16-,21+,24-/m0/s1. The van der Waals surface area contributed by atoms with Crippen molar-refractivity contribution in [2.45, 2.75) is 31.2 Å². The van der Waals surface area contributed by atoms with E-state index in [1.807, 2.05) is 13.0 Å². The number of amides is 1. The number of benzene rings is 2. The summed E-state index contributed by atoms with van der Waals surface area (Å²) in [5, 5.41) is 3.23. The van der Waals surface area contributed by atoms with Gasteiger partial charge in [0.1, 0.15) is 29.4 Å². The maximum atomic E-state index is 15.0. The summed E-state index contributed by atoms with van der Waals surface area (Å²) in [6, 6.07) is 12.3. The topological polar surface area (TPSA) is 75.4 Å². The number of hydrogen-bond acceptors (Lipinski definition) is 6. The van der Waals surface area contributed by atoms with Crippen LogP contribution in [0, 0.1) is 17.6 Å². The molecule has 2 aromatic carbocycles. The van der Waals surface area contributed by atoms with Gasteiger partial charge in [-0.25, -0.2) is 13.8 Å². The smallest absolute Gasteiger partial charge is 0.257 e. The Morgan fingerprint density at radius 3 is 2.76 bits per heavy atom. The highest BCUT2D eigenvalue weighted by Crippen LogP contribution is 2.47. The van der Waals surface area contributed by atoms with Crippen molar-refractivity contribution in [1.29, 1.82) is 0 Å². The normalized spacial score (nSPS) is 28.6. The summed E-state index contributed by atoms with van der Waals surface area (Å²) in [6.45, 7) is 1.98. The zero-order valence-corrected chi connectivity index (χ0v) is 18.7. The first-order valence-electron chi connectivity index (χ1n) is 10.7. The molecular formula is C24H22F2N4O2S. The van der Waals surface area contributed by atoms with Gasteiger partial charge in [0, 0.05) is 35.1 Å². The van der Waals surface area contributed by atoms with Crippen molar-refractivity contribution in [3.8, 4) is 0 Å². The van der Waals surface area contributed by atoms with Gasteiger partial charge in [0.05, 0.1) is 12.3 Å². The van der Waals surface area contributed by atoms with Crippen LogP contribution in [-0.4, -0.2) is 47.6 Å². The van der Waals surface area contributed by atoms with Gasteiger partial charge in [-0.1, -0.05) is 36.0 Å². The molecule has 3 heterocycles. The number of aliphatic imine (C=N–C) groups is 3. The third-order valence-corrected chi connectivity index (χ3v) is 7.18. The van der Waals surface area contributed by atoms with Crippen LogP contribution >= 0.6 is 11.8 Å². The van der Waals surface area contributed by atoms with E-state index in [0.29, 0.717) is 22.9 Å². The Bertz CT molecular complexity index is 1170. The highest BCUT2D eigenvalue weighted by molar-refractivity contribution is 8.13. The second-order valence-corrected chi connectivity index (χ2v) is 9.30. The van der Waals surface area contributed by atoms with Gasteiger partial charge in [-0.05, 0) is 31.5 Å². The van der Waals surface area contributed by atoms with Crippen molar-refractivity contribution in [3.05, 3.63) is 71.3 Å². The minimum Gasteiger partial charge on any atom is -0.369 e. The van der Waals surface area contributed by atoms with Crippen LogP contribution in [0.25, 0.3) is 0 Å². The molecule has 5 rings (SSSR count). The third-order valence-electron chi connectivity index (χ3n) is 6.14. The highest BCUT2D eigenvalue weighted by atomic mass is 32.2. The molecule has 3 aliphatic heterocycles. The number of nitrogens with zero attached hydrogens (tertiary/aromatic N) is 3. The predicted octanol–water partition coefficient (Wildman–Crippen LogP) is 3.97.